The second-order valence-corrected chi connectivity index (χ2v) is 5.94. The third kappa shape index (κ3) is 2.03. The highest BCUT2D eigenvalue weighted by Crippen LogP contribution is 2.38. The van der Waals surface area contributed by atoms with E-state index in [0.29, 0.717) is 17.9 Å². The van der Waals surface area contributed by atoms with Crippen molar-refractivity contribution in [2.75, 3.05) is 5.32 Å². The van der Waals surface area contributed by atoms with Gasteiger partial charge < -0.3 is 5.32 Å². The molecular weight excluding hydrogens is 301 g/mol. The number of hydrogen-bond acceptors (Lipinski definition) is 3. The highest BCUT2D eigenvalue weighted by molar-refractivity contribution is 7.08. The quantitative estimate of drug-likeness (QED) is 0.786. The van der Waals surface area contributed by atoms with Crippen LogP contribution in [0.1, 0.15) is 23.6 Å². The van der Waals surface area contributed by atoms with E-state index in [4.69, 9.17) is 0 Å². The van der Waals surface area contributed by atoms with Gasteiger partial charge in [0.1, 0.15) is 18.0 Å². The Bertz CT molecular complexity index is 841. The van der Waals surface area contributed by atoms with Gasteiger partial charge in [-0.15, -0.1) is 0 Å². The summed E-state index contributed by atoms with van der Waals surface area (Å²) in [6.45, 7) is 0. The molecule has 3 aromatic rings. The van der Waals surface area contributed by atoms with Crippen molar-refractivity contribution in [3.63, 3.8) is 0 Å². The Morgan fingerprint density at radius 3 is 2.95 bits per heavy atom. The van der Waals surface area contributed by atoms with Crippen LogP contribution in [0.25, 0.3) is 5.69 Å². The minimum atomic E-state index is -0.352. The normalized spacial score (nSPS) is 17.1. The van der Waals surface area contributed by atoms with Gasteiger partial charge in [0.25, 0.3) is 0 Å². The van der Waals surface area contributed by atoms with Crippen molar-refractivity contribution in [1.82, 2.24) is 9.55 Å². The fraction of sp³-hybridized carbons (Fsp3) is 0.125. The number of para-hydroxylation sites is 1. The van der Waals surface area contributed by atoms with E-state index in [-0.39, 0.29) is 17.6 Å². The first-order chi connectivity index (χ1) is 10.7. The van der Waals surface area contributed by atoms with Gasteiger partial charge in [-0.05, 0) is 34.5 Å². The van der Waals surface area contributed by atoms with Crippen LogP contribution >= 0.6 is 11.3 Å². The first kappa shape index (κ1) is 13.2. The molecule has 3 heterocycles. The molecule has 0 fully saturated rings. The van der Waals surface area contributed by atoms with Crippen LogP contribution in [-0.4, -0.2) is 15.5 Å². The molecule has 1 N–H and O–H groups in total. The molecule has 0 aliphatic carbocycles. The molecule has 110 valence electrons. The zero-order valence-electron chi connectivity index (χ0n) is 11.5. The molecule has 0 saturated heterocycles. The summed E-state index contributed by atoms with van der Waals surface area (Å²) in [5.74, 6) is 0.0389. The van der Waals surface area contributed by atoms with Crippen LogP contribution in [-0.2, 0) is 4.79 Å². The molecule has 0 bridgehead atoms. The minimum absolute atomic E-state index is 0.0805. The van der Waals surface area contributed by atoms with Crippen molar-refractivity contribution >= 4 is 23.1 Å². The molecule has 0 saturated carbocycles. The first-order valence-electron chi connectivity index (χ1n) is 6.88. The number of aromatic nitrogens is 2. The van der Waals surface area contributed by atoms with E-state index in [2.05, 4.69) is 10.3 Å². The highest BCUT2D eigenvalue weighted by atomic mass is 32.1. The average molecular weight is 313 g/mol. The zero-order chi connectivity index (χ0) is 15.1. The van der Waals surface area contributed by atoms with Crippen LogP contribution in [0.15, 0.2) is 47.4 Å². The van der Waals surface area contributed by atoms with Gasteiger partial charge in [0.2, 0.25) is 5.91 Å². The number of amides is 1. The molecular formula is C16H12FN3OS. The van der Waals surface area contributed by atoms with Crippen LogP contribution in [0.3, 0.4) is 0 Å². The van der Waals surface area contributed by atoms with Gasteiger partial charge in [0.05, 0.1) is 11.4 Å². The smallest absolute Gasteiger partial charge is 0.226 e. The second kappa shape index (κ2) is 5.06. The average Bonchev–Trinajstić information content (AvgIpc) is 3.16. The fourth-order valence-electron chi connectivity index (χ4n) is 2.79. The summed E-state index contributed by atoms with van der Waals surface area (Å²) in [5, 5.41) is 6.83. The Kier molecular flexibility index (Phi) is 3.04. The van der Waals surface area contributed by atoms with Crippen molar-refractivity contribution in [2.45, 2.75) is 12.3 Å². The summed E-state index contributed by atoms with van der Waals surface area (Å²) in [6, 6.07) is 8.45. The van der Waals surface area contributed by atoms with Crippen LogP contribution < -0.4 is 5.32 Å². The number of hydrogen-bond donors (Lipinski definition) is 1. The van der Waals surface area contributed by atoms with E-state index in [0.717, 1.165) is 11.3 Å². The third-order valence-electron chi connectivity index (χ3n) is 3.83. The second-order valence-electron chi connectivity index (χ2n) is 5.16. The van der Waals surface area contributed by atoms with Crippen LogP contribution in [0.2, 0.25) is 0 Å². The molecule has 6 heteroatoms. The zero-order valence-corrected chi connectivity index (χ0v) is 12.3. The number of carbonyl (C=O) groups excluding carboxylic acids is 1. The predicted molar refractivity (Wildman–Crippen MR) is 82.9 cm³/mol. The van der Waals surface area contributed by atoms with Crippen LogP contribution in [0.4, 0.5) is 10.2 Å². The maximum absolute atomic E-state index is 14.0. The number of carbonyl (C=O) groups is 1. The van der Waals surface area contributed by atoms with Gasteiger partial charge in [0, 0.05) is 12.3 Å². The number of nitrogens with one attached hydrogen (secondary N) is 1. The number of nitrogens with zero attached hydrogens (tertiary/aromatic N) is 2. The Balaban J connectivity index is 1.86. The van der Waals surface area contributed by atoms with E-state index < -0.39 is 0 Å². The van der Waals surface area contributed by atoms with Crippen molar-refractivity contribution in [2.24, 2.45) is 0 Å². The summed E-state index contributed by atoms with van der Waals surface area (Å²) in [5.41, 5.74) is 2.23. The molecule has 22 heavy (non-hydrogen) atoms. The summed E-state index contributed by atoms with van der Waals surface area (Å²) in [7, 11) is 0. The molecule has 0 spiro atoms. The molecule has 1 atom stereocenters. The van der Waals surface area contributed by atoms with Crippen molar-refractivity contribution in [3.8, 4) is 5.69 Å². The first-order valence-corrected chi connectivity index (χ1v) is 7.82. The van der Waals surface area contributed by atoms with Gasteiger partial charge in [-0.3, -0.25) is 9.36 Å². The summed E-state index contributed by atoms with van der Waals surface area (Å²) >= 11 is 1.59. The maximum atomic E-state index is 14.0. The molecule has 0 radical (unpaired) electrons. The molecule has 1 aromatic carbocycles. The lowest BCUT2D eigenvalue weighted by atomic mass is 9.92. The number of anilines is 1. The van der Waals surface area contributed by atoms with Crippen molar-refractivity contribution in [3.05, 3.63) is 64.5 Å². The van der Waals surface area contributed by atoms with E-state index in [1.165, 1.54) is 6.07 Å². The number of imidazole rings is 1. The fourth-order valence-corrected chi connectivity index (χ4v) is 3.50. The van der Waals surface area contributed by atoms with Gasteiger partial charge in [-0.2, -0.15) is 11.3 Å². The molecule has 0 unspecified atom stereocenters. The van der Waals surface area contributed by atoms with E-state index in [1.807, 2.05) is 16.8 Å². The predicted octanol–water partition coefficient (Wildman–Crippen LogP) is 3.55. The number of halogens is 1. The highest BCUT2D eigenvalue weighted by Gasteiger charge is 2.31. The van der Waals surface area contributed by atoms with Gasteiger partial charge in [-0.25, -0.2) is 9.37 Å². The van der Waals surface area contributed by atoms with E-state index >= 15 is 0 Å². The van der Waals surface area contributed by atoms with Crippen molar-refractivity contribution in [1.29, 1.82) is 0 Å². The van der Waals surface area contributed by atoms with Gasteiger partial charge in [0.15, 0.2) is 0 Å². The Labute approximate surface area is 130 Å². The lowest BCUT2D eigenvalue weighted by Gasteiger charge is -2.22. The van der Waals surface area contributed by atoms with E-state index in [1.54, 1.807) is 40.4 Å². The Hall–Kier alpha value is -2.47. The van der Waals surface area contributed by atoms with Crippen molar-refractivity contribution < 1.29 is 9.18 Å². The lowest BCUT2D eigenvalue weighted by Crippen LogP contribution is -2.24. The van der Waals surface area contributed by atoms with Gasteiger partial charge in [-0.1, -0.05) is 12.1 Å². The summed E-state index contributed by atoms with van der Waals surface area (Å²) < 4.78 is 15.6. The summed E-state index contributed by atoms with van der Waals surface area (Å²) in [6.07, 6.45) is 1.92. The lowest BCUT2D eigenvalue weighted by molar-refractivity contribution is -0.116. The molecule has 2 aromatic heterocycles. The number of rotatable bonds is 2. The number of fused-ring (bicyclic) bond motifs is 1. The van der Waals surface area contributed by atoms with E-state index in [9.17, 15) is 9.18 Å². The Morgan fingerprint density at radius 2 is 2.18 bits per heavy atom. The molecule has 4 nitrogen and oxygen atoms in total. The standard InChI is InChI=1S/C16H12FN3OS/c17-12-3-1-2-4-13(12)20-9-18-15-11(10-5-6-22-8-10)7-14(21)19-16(15)20/h1-6,8-9,11H,7H2,(H,19,21)/t11-/m0/s1. The van der Waals surface area contributed by atoms with Crippen LogP contribution in [0, 0.1) is 5.82 Å². The van der Waals surface area contributed by atoms with Gasteiger partial charge >= 0.3 is 0 Å². The number of benzene rings is 1. The molecule has 1 aliphatic heterocycles. The van der Waals surface area contributed by atoms with Crippen LogP contribution in [0.5, 0.6) is 0 Å². The maximum Gasteiger partial charge on any atom is 0.226 e. The minimum Gasteiger partial charge on any atom is -0.310 e. The topological polar surface area (TPSA) is 46.9 Å². The monoisotopic (exact) mass is 313 g/mol. The SMILES string of the molecule is O=C1C[C@@H](c2ccsc2)c2ncn(-c3ccccc3F)c2N1. The third-order valence-corrected chi connectivity index (χ3v) is 4.53. The summed E-state index contributed by atoms with van der Waals surface area (Å²) in [4.78, 5) is 16.5. The molecule has 4 rings (SSSR count). The Morgan fingerprint density at radius 1 is 1.32 bits per heavy atom. The molecule has 1 amide bonds. The molecule has 1 aliphatic rings. The largest absolute Gasteiger partial charge is 0.310 e. The number of thiophene rings is 1.